The number of fused-ring (bicyclic) bond motifs is 3. The van der Waals surface area contributed by atoms with Crippen LogP contribution in [0, 0.1) is 5.41 Å². The molecule has 6 atom stereocenters. The van der Waals surface area contributed by atoms with E-state index in [1.165, 1.54) is 15.9 Å². The fraction of sp³-hybridized carbons (Fsp3) is 0.508. The highest BCUT2D eigenvalue weighted by Crippen LogP contribution is 2.59. The molecule has 10 rings (SSSR count). The molecule has 1 spiro atoms. The number of thiophene rings is 1. The molecule has 5 aliphatic heterocycles. The summed E-state index contributed by atoms with van der Waals surface area (Å²) < 4.78 is 69.1. The van der Waals surface area contributed by atoms with Gasteiger partial charge < -0.3 is 46.6 Å². The van der Waals surface area contributed by atoms with Gasteiger partial charge >= 0.3 is 13.3 Å². The molecule has 0 bridgehead atoms. The largest absolute Gasteiger partial charge is 0.399 e. The normalized spacial score (nSPS) is 22.3. The molecule has 5 fully saturated rings. The summed E-state index contributed by atoms with van der Waals surface area (Å²) in [6.45, 7) is 5.68. The van der Waals surface area contributed by atoms with Crippen LogP contribution in [0.2, 0.25) is 0 Å². The van der Waals surface area contributed by atoms with Gasteiger partial charge in [0.05, 0.1) is 22.5 Å². The van der Waals surface area contributed by atoms with Crippen LogP contribution in [0.5, 0.6) is 0 Å². The van der Waals surface area contributed by atoms with Crippen molar-refractivity contribution in [3.63, 3.8) is 0 Å². The van der Waals surface area contributed by atoms with Crippen molar-refractivity contribution in [1.29, 1.82) is 0 Å². The van der Waals surface area contributed by atoms with Crippen molar-refractivity contribution in [2.45, 2.75) is 158 Å². The average molecular weight is 1290 g/mol. The van der Waals surface area contributed by atoms with E-state index in [4.69, 9.17) is 5.73 Å². The van der Waals surface area contributed by atoms with E-state index in [1.807, 2.05) is 24.3 Å². The lowest BCUT2D eigenvalue weighted by molar-refractivity contribution is -0.144. The number of nitrogens with two attached hydrogens (primary N) is 1. The standard InChI is InChI=1S/C61H71F4N10O13PS/c1-59(2,3)34-6-4-32(5-7-34)24-42(57(84)73-22-19-60(20-23-73)28-37(29-60)67-36-9-11-39-40(27-36)56(83)75(55(39)82)45-14-17-50(77)71-53(45)80)69-51(78)41(12-16-49(66)76)68-52(79)44-13-10-38-18-21-72(31-48(62)63)30-43(58(85)74(38)44)70-54(81)47-26-33-25-35(8-15-46(33)90-47)61(64,65)89(86,87)88/h4-9,11,15,25-27,37-38,41-45,48,67H,10,12-14,16-24,28-31H2,1-3H3,(H2,66,76)(H,68,79)(H,69,78)(H,70,81)(H,71,77,80)(H2,86,87,88)/t38-,41?,42?,43+,44+,45?/m1/s1. The second-order valence-corrected chi connectivity index (χ2v) is 28.2. The Labute approximate surface area is 518 Å². The fourth-order valence-corrected chi connectivity index (χ4v) is 14.7. The Morgan fingerprint density at radius 1 is 0.833 bits per heavy atom. The average Bonchev–Trinajstić information content (AvgIpc) is 2.85. The van der Waals surface area contributed by atoms with Crippen LogP contribution in [-0.4, -0.2) is 170 Å². The maximum absolute atomic E-state index is 14.8. The van der Waals surface area contributed by atoms with Gasteiger partial charge in [0, 0.05) is 73.5 Å². The van der Waals surface area contributed by atoms with E-state index in [9.17, 15) is 79.9 Å². The molecule has 4 aromatic rings. The van der Waals surface area contributed by atoms with Crippen LogP contribution in [0.3, 0.4) is 0 Å². The van der Waals surface area contributed by atoms with Crippen molar-refractivity contribution < 1.29 is 79.9 Å². The number of rotatable bonds is 19. The maximum atomic E-state index is 14.8. The molecule has 23 nitrogen and oxygen atoms in total. The topological polar surface area (TPSA) is 327 Å². The number of hydrogen-bond donors (Lipinski definition) is 8. The van der Waals surface area contributed by atoms with Gasteiger partial charge in [0.25, 0.3) is 24.1 Å². The number of carbonyl (C=O) groups excluding carboxylic acids is 10. The Bertz CT molecular complexity index is 3600. The van der Waals surface area contributed by atoms with E-state index in [-0.39, 0.29) is 101 Å². The summed E-state index contributed by atoms with van der Waals surface area (Å²) in [6, 6.07) is 9.14. The summed E-state index contributed by atoms with van der Waals surface area (Å²) in [5.74, 6) is -6.95. The molecule has 482 valence electrons. The van der Waals surface area contributed by atoms with Gasteiger partial charge in [0.1, 0.15) is 30.2 Å². The molecule has 1 aliphatic carbocycles. The number of imide groups is 2. The number of nitrogens with zero attached hydrogens (tertiary/aromatic N) is 4. The zero-order valence-corrected chi connectivity index (χ0v) is 51.3. The van der Waals surface area contributed by atoms with E-state index >= 15 is 0 Å². The van der Waals surface area contributed by atoms with Gasteiger partial charge in [-0.25, -0.2) is 8.78 Å². The smallest absolute Gasteiger partial charge is 0.382 e. The lowest BCUT2D eigenvalue weighted by atomic mass is 9.60. The first-order chi connectivity index (χ1) is 42.4. The molecule has 1 saturated carbocycles. The molecule has 4 saturated heterocycles. The number of nitrogens with one attached hydrogen (secondary N) is 5. The molecule has 29 heteroatoms. The maximum Gasteiger partial charge on any atom is 0.399 e. The number of primary amides is 1. The Kier molecular flexibility index (Phi) is 18.5. The van der Waals surface area contributed by atoms with Crippen molar-refractivity contribution in [3.8, 4) is 0 Å². The van der Waals surface area contributed by atoms with Crippen LogP contribution in [-0.2, 0) is 55.6 Å². The minimum atomic E-state index is -5.94. The molecule has 3 aromatic carbocycles. The van der Waals surface area contributed by atoms with Crippen LogP contribution >= 0.6 is 18.9 Å². The summed E-state index contributed by atoms with van der Waals surface area (Å²) in [7, 11) is -5.94. The van der Waals surface area contributed by atoms with Gasteiger partial charge in [0.15, 0.2) is 0 Å². The lowest BCUT2D eigenvalue weighted by Crippen LogP contribution is -2.62. The predicted molar refractivity (Wildman–Crippen MR) is 319 cm³/mol. The van der Waals surface area contributed by atoms with E-state index in [2.05, 4.69) is 47.4 Å². The first-order valence-corrected chi connectivity index (χ1v) is 32.3. The molecule has 10 amide bonds. The Balaban J connectivity index is 0.816. The SMILES string of the molecule is CC(C)(C)c1ccc(CC(NC(=O)C(CCC(N)=O)NC(=O)[C@@H]2CC[C@@H]3CCN(CC(F)F)C[C@H](NC(=O)c4cc5cc(C(F)(F)P(=O)(O)O)ccc5s4)C(=O)N32)C(=O)N2CCC3(CC2)CC(Nc2ccc4c(c2)C(=O)N(C2CCC(=O)NC2=O)C4=O)C3)cc1. The summed E-state index contributed by atoms with van der Waals surface area (Å²) in [4.78, 5) is 160. The highest BCUT2D eigenvalue weighted by atomic mass is 32.1. The van der Waals surface area contributed by atoms with Crippen LogP contribution < -0.4 is 32.3 Å². The Morgan fingerprint density at radius 3 is 2.18 bits per heavy atom. The summed E-state index contributed by atoms with van der Waals surface area (Å²) >= 11 is 0.810. The van der Waals surface area contributed by atoms with Crippen molar-refractivity contribution >= 4 is 93.8 Å². The highest BCUT2D eigenvalue weighted by Gasteiger charge is 2.52. The number of hydrogen-bond acceptors (Lipinski definition) is 14. The van der Waals surface area contributed by atoms with Crippen molar-refractivity contribution in [2.24, 2.45) is 11.1 Å². The van der Waals surface area contributed by atoms with Crippen LogP contribution in [0.15, 0.2) is 66.7 Å². The molecule has 3 unspecified atom stereocenters. The van der Waals surface area contributed by atoms with Gasteiger partial charge in [-0.15, -0.1) is 11.3 Å². The molecule has 1 aromatic heterocycles. The molecule has 9 N–H and O–H groups in total. The molecular weight excluding hydrogens is 1220 g/mol. The zero-order valence-electron chi connectivity index (χ0n) is 49.6. The van der Waals surface area contributed by atoms with Crippen molar-refractivity contribution in [2.75, 3.05) is 38.0 Å². The third kappa shape index (κ3) is 13.8. The van der Waals surface area contributed by atoms with E-state index in [1.54, 1.807) is 23.1 Å². The number of benzene rings is 3. The minimum absolute atomic E-state index is 0.00270. The number of piperidine rings is 2. The number of likely N-dealkylation sites (tertiary alicyclic amines) is 1. The van der Waals surface area contributed by atoms with Crippen LogP contribution in [0.4, 0.5) is 23.2 Å². The zero-order chi connectivity index (χ0) is 64.9. The van der Waals surface area contributed by atoms with E-state index in [0.29, 0.717) is 37.2 Å². The molecule has 6 heterocycles. The van der Waals surface area contributed by atoms with Crippen LogP contribution in [0.25, 0.3) is 10.1 Å². The number of halogens is 4. The third-order valence-electron chi connectivity index (χ3n) is 18.2. The summed E-state index contributed by atoms with van der Waals surface area (Å²) in [6.07, 6.45) is -0.324. The number of amides is 10. The molecular formula is C61H71F4N10O13PS. The van der Waals surface area contributed by atoms with Gasteiger partial charge in [-0.2, -0.15) is 8.78 Å². The second-order valence-electron chi connectivity index (χ2n) is 25.5. The highest BCUT2D eigenvalue weighted by molar-refractivity contribution is 7.52. The first kappa shape index (κ1) is 65.3. The van der Waals surface area contributed by atoms with Gasteiger partial charge in [-0.05, 0) is 122 Å². The van der Waals surface area contributed by atoms with Crippen LogP contribution in [0.1, 0.15) is 138 Å². The fourth-order valence-electron chi connectivity index (χ4n) is 13.3. The third-order valence-corrected chi connectivity index (χ3v) is 20.3. The molecule has 90 heavy (non-hydrogen) atoms. The van der Waals surface area contributed by atoms with Crippen molar-refractivity contribution in [3.05, 3.63) is 99.4 Å². The second kappa shape index (κ2) is 25.6. The quantitative estimate of drug-likeness (QED) is 0.0361. The first-order valence-electron chi connectivity index (χ1n) is 29.9. The number of anilines is 1. The summed E-state index contributed by atoms with van der Waals surface area (Å²) in [5.41, 5.74) is 2.35. The molecule has 0 radical (unpaired) electrons. The minimum Gasteiger partial charge on any atom is -0.382 e. The van der Waals surface area contributed by atoms with E-state index in [0.717, 1.165) is 52.8 Å². The lowest BCUT2D eigenvalue weighted by Gasteiger charge is -2.53. The van der Waals surface area contributed by atoms with Crippen molar-refractivity contribution in [1.82, 2.24) is 40.9 Å². The van der Waals surface area contributed by atoms with E-state index < -0.39 is 134 Å². The van der Waals surface area contributed by atoms with Gasteiger partial charge in [0.2, 0.25) is 41.4 Å². The predicted octanol–water partition coefficient (Wildman–Crippen LogP) is 4.62. The van der Waals surface area contributed by atoms with Gasteiger partial charge in [-0.1, -0.05) is 51.1 Å². The Morgan fingerprint density at radius 2 is 1.52 bits per heavy atom. The monoisotopic (exact) mass is 1290 g/mol. The number of carbonyl (C=O) groups is 10. The molecule has 6 aliphatic rings. The summed E-state index contributed by atoms with van der Waals surface area (Å²) in [5, 5.41) is 13.9. The van der Waals surface area contributed by atoms with Gasteiger partial charge in [-0.3, -0.25) is 67.6 Å². The Hall–Kier alpha value is -7.65. The number of alkyl halides is 4.